The smallest absolute Gasteiger partial charge is 0.273 e. The Balaban J connectivity index is 1.92. The SMILES string of the molecule is Cc1cc(C(=O)N[C@H]2CCCN(C)C2)no1. The van der Waals surface area contributed by atoms with Crippen LogP contribution in [0.5, 0.6) is 0 Å². The van der Waals surface area contributed by atoms with Crippen LogP contribution in [0.1, 0.15) is 29.1 Å². The molecule has 0 spiro atoms. The molecule has 0 unspecified atom stereocenters. The maximum atomic E-state index is 11.8. The third-order valence-corrected chi connectivity index (χ3v) is 2.82. The second kappa shape index (κ2) is 4.65. The zero-order valence-electron chi connectivity index (χ0n) is 9.69. The zero-order chi connectivity index (χ0) is 11.5. The summed E-state index contributed by atoms with van der Waals surface area (Å²) < 4.78 is 4.87. The molecule has 1 atom stereocenters. The maximum absolute atomic E-state index is 11.8. The number of nitrogens with one attached hydrogen (secondary N) is 1. The van der Waals surface area contributed by atoms with Crippen LogP contribution in [0.2, 0.25) is 0 Å². The molecule has 0 radical (unpaired) electrons. The lowest BCUT2D eigenvalue weighted by atomic mass is 10.1. The van der Waals surface area contributed by atoms with E-state index < -0.39 is 0 Å². The summed E-state index contributed by atoms with van der Waals surface area (Å²) in [6, 6.07) is 1.88. The van der Waals surface area contributed by atoms with E-state index in [-0.39, 0.29) is 11.9 Å². The first-order chi connectivity index (χ1) is 7.65. The maximum Gasteiger partial charge on any atom is 0.273 e. The molecule has 5 heteroatoms. The molecule has 0 bridgehead atoms. The van der Waals surface area contributed by atoms with Gasteiger partial charge in [0.15, 0.2) is 5.69 Å². The number of likely N-dealkylation sites (tertiary alicyclic amines) is 1. The number of nitrogens with zero attached hydrogens (tertiary/aromatic N) is 2. The summed E-state index contributed by atoms with van der Waals surface area (Å²) in [6.07, 6.45) is 2.16. The van der Waals surface area contributed by atoms with Gasteiger partial charge in [-0.05, 0) is 33.4 Å². The molecule has 1 N–H and O–H groups in total. The lowest BCUT2D eigenvalue weighted by molar-refractivity contribution is 0.0903. The summed E-state index contributed by atoms with van der Waals surface area (Å²) in [5.74, 6) is 0.517. The van der Waals surface area contributed by atoms with Crippen LogP contribution in [0.3, 0.4) is 0 Å². The number of hydrogen-bond acceptors (Lipinski definition) is 4. The zero-order valence-corrected chi connectivity index (χ0v) is 9.69. The van der Waals surface area contributed by atoms with Gasteiger partial charge in [-0.25, -0.2) is 0 Å². The number of hydrogen-bond donors (Lipinski definition) is 1. The molecule has 1 aliphatic rings. The van der Waals surface area contributed by atoms with Crippen LogP contribution < -0.4 is 5.32 Å². The van der Waals surface area contributed by atoms with E-state index in [1.807, 2.05) is 0 Å². The highest BCUT2D eigenvalue weighted by atomic mass is 16.5. The van der Waals surface area contributed by atoms with Crippen molar-refractivity contribution in [1.29, 1.82) is 0 Å². The fourth-order valence-electron chi connectivity index (χ4n) is 2.02. The largest absolute Gasteiger partial charge is 0.361 e. The van der Waals surface area contributed by atoms with Crippen LogP contribution in [0.25, 0.3) is 0 Å². The number of aryl methyl sites for hydroxylation is 1. The minimum Gasteiger partial charge on any atom is -0.361 e. The molecule has 1 saturated heterocycles. The molecule has 1 aromatic heterocycles. The summed E-state index contributed by atoms with van der Waals surface area (Å²) in [5, 5.41) is 6.68. The third-order valence-electron chi connectivity index (χ3n) is 2.82. The van der Waals surface area contributed by atoms with E-state index in [2.05, 4.69) is 22.4 Å². The van der Waals surface area contributed by atoms with Gasteiger partial charge in [-0.2, -0.15) is 0 Å². The molecule has 1 amide bonds. The molecular weight excluding hydrogens is 206 g/mol. The van der Waals surface area contributed by atoms with E-state index in [4.69, 9.17) is 4.52 Å². The molecule has 0 aromatic carbocycles. The van der Waals surface area contributed by atoms with Crippen molar-refractivity contribution in [3.8, 4) is 0 Å². The van der Waals surface area contributed by atoms with E-state index in [0.717, 1.165) is 25.9 Å². The Hall–Kier alpha value is -1.36. The highest BCUT2D eigenvalue weighted by Gasteiger charge is 2.20. The normalized spacial score (nSPS) is 22.0. The molecule has 16 heavy (non-hydrogen) atoms. The molecule has 1 aromatic rings. The van der Waals surface area contributed by atoms with Gasteiger partial charge in [0.2, 0.25) is 0 Å². The quantitative estimate of drug-likeness (QED) is 0.806. The van der Waals surface area contributed by atoms with Gasteiger partial charge >= 0.3 is 0 Å². The first-order valence-corrected chi connectivity index (χ1v) is 5.58. The molecule has 1 aliphatic heterocycles. The number of carbonyl (C=O) groups is 1. The van der Waals surface area contributed by atoms with Gasteiger partial charge in [0.1, 0.15) is 5.76 Å². The average Bonchev–Trinajstić information content (AvgIpc) is 2.65. The van der Waals surface area contributed by atoms with E-state index in [9.17, 15) is 4.79 Å². The number of carbonyl (C=O) groups excluding carboxylic acids is 1. The molecule has 2 heterocycles. The monoisotopic (exact) mass is 223 g/mol. The van der Waals surface area contributed by atoms with Crippen molar-refractivity contribution in [3.63, 3.8) is 0 Å². The minimum absolute atomic E-state index is 0.142. The van der Waals surface area contributed by atoms with Gasteiger partial charge < -0.3 is 14.7 Å². The fraction of sp³-hybridized carbons (Fsp3) is 0.636. The van der Waals surface area contributed by atoms with Crippen LogP contribution >= 0.6 is 0 Å². The Kier molecular flexibility index (Phi) is 3.24. The van der Waals surface area contributed by atoms with Crippen LogP contribution in [0, 0.1) is 6.92 Å². The molecule has 0 aliphatic carbocycles. The van der Waals surface area contributed by atoms with Crippen molar-refractivity contribution in [1.82, 2.24) is 15.4 Å². The van der Waals surface area contributed by atoms with Crippen LogP contribution in [-0.2, 0) is 0 Å². The van der Waals surface area contributed by atoms with E-state index >= 15 is 0 Å². The lowest BCUT2D eigenvalue weighted by Gasteiger charge is -2.29. The number of piperidine rings is 1. The second-order valence-electron chi connectivity index (χ2n) is 4.40. The number of likely N-dealkylation sites (N-methyl/N-ethyl adjacent to an activating group) is 1. The average molecular weight is 223 g/mol. The van der Waals surface area contributed by atoms with Gasteiger partial charge in [-0.3, -0.25) is 4.79 Å². The Morgan fingerprint density at radius 1 is 1.69 bits per heavy atom. The second-order valence-corrected chi connectivity index (χ2v) is 4.40. The standard InChI is InChI=1S/C11H17N3O2/c1-8-6-10(13-16-8)11(15)12-9-4-3-5-14(2)7-9/h6,9H,3-5,7H2,1-2H3,(H,12,15)/t9-/m0/s1. The first-order valence-electron chi connectivity index (χ1n) is 5.58. The molecule has 0 saturated carbocycles. The van der Waals surface area contributed by atoms with Crippen molar-refractivity contribution in [2.75, 3.05) is 20.1 Å². The summed E-state index contributed by atoms with van der Waals surface area (Å²) in [5.41, 5.74) is 0.366. The van der Waals surface area contributed by atoms with E-state index in [1.54, 1.807) is 13.0 Å². The molecule has 88 valence electrons. The highest BCUT2D eigenvalue weighted by Crippen LogP contribution is 2.09. The summed E-state index contributed by atoms with van der Waals surface area (Å²) >= 11 is 0. The number of rotatable bonds is 2. The van der Waals surface area contributed by atoms with Gasteiger partial charge in [0, 0.05) is 18.7 Å². The summed E-state index contributed by atoms with van der Waals surface area (Å²) in [4.78, 5) is 14.0. The van der Waals surface area contributed by atoms with Crippen molar-refractivity contribution in [2.45, 2.75) is 25.8 Å². The minimum atomic E-state index is -0.142. The lowest BCUT2D eigenvalue weighted by Crippen LogP contribution is -2.46. The Morgan fingerprint density at radius 3 is 3.12 bits per heavy atom. The van der Waals surface area contributed by atoms with Crippen LogP contribution in [0.4, 0.5) is 0 Å². The summed E-state index contributed by atoms with van der Waals surface area (Å²) in [6.45, 7) is 3.79. The highest BCUT2D eigenvalue weighted by molar-refractivity contribution is 5.92. The van der Waals surface area contributed by atoms with Gasteiger partial charge in [-0.1, -0.05) is 5.16 Å². The molecule has 2 rings (SSSR count). The van der Waals surface area contributed by atoms with Crippen molar-refractivity contribution >= 4 is 5.91 Å². The molecule has 1 fully saturated rings. The van der Waals surface area contributed by atoms with Crippen molar-refractivity contribution in [3.05, 3.63) is 17.5 Å². The van der Waals surface area contributed by atoms with Crippen LogP contribution in [-0.4, -0.2) is 42.1 Å². The number of aromatic nitrogens is 1. The van der Waals surface area contributed by atoms with Crippen molar-refractivity contribution in [2.24, 2.45) is 0 Å². The Morgan fingerprint density at radius 2 is 2.50 bits per heavy atom. The van der Waals surface area contributed by atoms with Crippen molar-refractivity contribution < 1.29 is 9.32 Å². The molecule has 5 nitrogen and oxygen atoms in total. The van der Waals surface area contributed by atoms with Gasteiger partial charge in [0.05, 0.1) is 0 Å². The van der Waals surface area contributed by atoms with Gasteiger partial charge in [-0.15, -0.1) is 0 Å². The third kappa shape index (κ3) is 2.61. The number of amides is 1. The van der Waals surface area contributed by atoms with Crippen LogP contribution in [0.15, 0.2) is 10.6 Å². The Bertz CT molecular complexity index is 375. The van der Waals surface area contributed by atoms with Gasteiger partial charge in [0.25, 0.3) is 5.91 Å². The topological polar surface area (TPSA) is 58.4 Å². The predicted octanol–water partition coefficient (Wildman–Crippen LogP) is 0.807. The first kappa shape index (κ1) is 11.1. The molecular formula is C11H17N3O2. The predicted molar refractivity (Wildman–Crippen MR) is 59.2 cm³/mol. The van der Waals surface area contributed by atoms with E-state index in [1.165, 1.54) is 0 Å². The summed E-state index contributed by atoms with van der Waals surface area (Å²) in [7, 11) is 2.07. The Labute approximate surface area is 94.8 Å². The van der Waals surface area contributed by atoms with E-state index in [0.29, 0.717) is 11.5 Å². The fourth-order valence-corrected chi connectivity index (χ4v) is 2.02.